The van der Waals surface area contributed by atoms with Crippen molar-refractivity contribution in [2.75, 3.05) is 19.7 Å². The van der Waals surface area contributed by atoms with Gasteiger partial charge < -0.3 is 10.1 Å². The SMILES string of the molecule is N#Cc1ccnc(C2CNCCO2)c1. The zero-order valence-electron chi connectivity index (χ0n) is 7.73. The molecule has 2 rings (SSSR count). The van der Waals surface area contributed by atoms with Gasteiger partial charge in [-0.25, -0.2) is 0 Å². The Morgan fingerprint density at radius 1 is 1.64 bits per heavy atom. The number of hydrogen-bond donors (Lipinski definition) is 1. The van der Waals surface area contributed by atoms with Crippen LogP contribution >= 0.6 is 0 Å². The molecule has 1 aliphatic rings. The summed E-state index contributed by atoms with van der Waals surface area (Å²) in [6.07, 6.45) is 1.63. The highest BCUT2D eigenvalue weighted by molar-refractivity contribution is 5.29. The van der Waals surface area contributed by atoms with Crippen LogP contribution in [0.1, 0.15) is 17.4 Å². The maximum atomic E-state index is 8.73. The van der Waals surface area contributed by atoms with Crippen LogP contribution in [0.25, 0.3) is 0 Å². The van der Waals surface area contributed by atoms with E-state index in [2.05, 4.69) is 16.4 Å². The van der Waals surface area contributed by atoms with Crippen molar-refractivity contribution >= 4 is 0 Å². The van der Waals surface area contributed by atoms with Crippen LogP contribution in [0.3, 0.4) is 0 Å². The molecule has 1 aromatic rings. The van der Waals surface area contributed by atoms with E-state index < -0.39 is 0 Å². The monoisotopic (exact) mass is 189 g/mol. The van der Waals surface area contributed by atoms with E-state index in [1.165, 1.54) is 0 Å². The third-order valence-corrected chi connectivity index (χ3v) is 2.17. The second-order valence-electron chi connectivity index (χ2n) is 3.14. The normalized spacial score (nSPS) is 21.5. The Kier molecular flexibility index (Phi) is 2.73. The number of aromatic nitrogens is 1. The van der Waals surface area contributed by atoms with E-state index in [4.69, 9.17) is 10.00 Å². The molecule has 4 nitrogen and oxygen atoms in total. The summed E-state index contributed by atoms with van der Waals surface area (Å²) in [4.78, 5) is 4.19. The number of morpholine rings is 1. The highest BCUT2D eigenvalue weighted by Gasteiger charge is 2.16. The first kappa shape index (κ1) is 9.13. The standard InChI is InChI=1S/C10H11N3O/c11-6-8-1-2-13-9(5-8)10-7-12-3-4-14-10/h1-2,5,10,12H,3-4,7H2. The van der Waals surface area contributed by atoms with Crippen LogP contribution in [0.5, 0.6) is 0 Å². The van der Waals surface area contributed by atoms with Crippen LogP contribution in [0, 0.1) is 11.3 Å². The molecule has 1 aliphatic heterocycles. The van der Waals surface area contributed by atoms with Crippen LogP contribution in [0.15, 0.2) is 18.3 Å². The first-order valence-electron chi connectivity index (χ1n) is 4.58. The van der Waals surface area contributed by atoms with Gasteiger partial charge in [-0.15, -0.1) is 0 Å². The van der Waals surface area contributed by atoms with Crippen LogP contribution in [0.2, 0.25) is 0 Å². The van der Waals surface area contributed by atoms with E-state index >= 15 is 0 Å². The molecular formula is C10H11N3O. The summed E-state index contributed by atoms with van der Waals surface area (Å²) in [6.45, 7) is 2.35. The highest BCUT2D eigenvalue weighted by Crippen LogP contribution is 2.16. The zero-order valence-corrected chi connectivity index (χ0v) is 7.73. The van der Waals surface area contributed by atoms with Crippen LogP contribution in [0.4, 0.5) is 0 Å². The summed E-state index contributed by atoms with van der Waals surface area (Å²) in [6, 6.07) is 5.56. The van der Waals surface area contributed by atoms with Gasteiger partial charge in [-0.05, 0) is 12.1 Å². The van der Waals surface area contributed by atoms with Gasteiger partial charge in [0.15, 0.2) is 0 Å². The Balaban J connectivity index is 2.18. The molecule has 0 spiro atoms. The van der Waals surface area contributed by atoms with E-state index in [0.717, 1.165) is 18.8 Å². The second kappa shape index (κ2) is 4.18. The van der Waals surface area contributed by atoms with E-state index in [1.807, 2.05) is 0 Å². The topological polar surface area (TPSA) is 57.9 Å². The summed E-state index contributed by atoms with van der Waals surface area (Å²) in [5.41, 5.74) is 1.46. The van der Waals surface area contributed by atoms with Crippen molar-refractivity contribution in [3.05, 3.63) is 29.6 Å². The number of nitrogens with one attached hydrogen (secondary N) is 1. The molecule has 0 saturated carbocycles. The molecule has 1 N–H and O–H groups in total. The molecule has 0 bridgehead atoms. The fourth-order valence-electron chi connectivity index (χ4n) is 1.45. The number of pyridine rings is 1. The third kappa shape index (κ3) is 1.90. The first-order chi connectivity index (χ1) is 6.90. The fraction of sp³-hybridized carbons (Fsp3) is 0.400. The van der Waals surface area contributed by atoms with E-state index in [1.54, 1.807) is 18.3 Å². The largest absolute Gasteiger partial charge is 0.369 e. The first-order valence-corrected chi connectivity index (χ1v) is 4.58. The van der Waals surface area contributed by atoms with Gasteiger partial charge in [0.2, 0.25) is 0 Å². The molecule has 72 valence electrons. The average molecular weight is 189 g/mol. The average Bonchev–Trinajstić information content (AvgIpc) is 2.30. The lowest BCUT2D eigenvalue weighted by Gasteiger charge is -2.22. The van der Waals surface area contributed by atoms with Gasteiger partial charge in [0.1, 0.15) is 6.10 Å². The Morgan fingerprint density at radius 2 is 2.57 bits per heavy atom. The molecule has 0 aromatic carbocycles. The van der Waals surface area contributed by atoms with Crippen molar-refractivity contribution in [2.45, 2.75) is 6.10 Å². The van der Waals surface area contributed by atoms with E-state index in [0.29, 0.717) is 12.2 Å². The van der Waals surface area contributed by atoms with Gasteiger partial charge in [-0.1, -0.05) is 0 Å². The number of nitrogens with zero attached hydrogens (tertiary/aromatic N) is 2. The lowest BCUT2D eigenvalue weighted by atomic mass is 10.1. The summed E-state index contributed by atoms with van der Waals surface area (Å²) in [5.74, 6) is 0. The van der Waals surface area contributed by atoms with Gasteiger partial charge in [0, 0.05) is 19.3 Å². The number of ether oxygens (including phenoxy) is 1. The molecule has 1 fully saturated rings. The Labute approximate surface area is 82.5 Å². The Hall–Kier alpha value is -1.44. The van der Waals surface area contributed by atoms with Gasteiger partial charge in [0.25, 0.3) is 0 Å². The van der Waals surface area contributed by atoms with Gasteiger partial charge in [0.05, 0.1) is 23.9 Å². The molecule has 1 atom stereocenters. The van der Waals surface area contributed by atoms with Crippen LogP contribution in [-0.2, 0) is 4.74 Å². The molecule has 2 heterocycles. The zero-order chi connectivity index (χ0) is 9.80. The molecule has 1 unspecified atom stereocenters. The van der Waals surface area contributed by atoms with Crippen molar-refractivity contribution in [2.24, 2.45) is 0 Å². The lowest BCUT2D eigenvalue weighted by Crippen LogP contribution is -2.33. The minimum absolute atomic E-state index is 0.0166. The van der Waals surface area contributed by atoms with E-state index in [9.17, 15) is 0 Å². The van der Waals surface area contributed by atoms with Gasteiger partial charge in [-0.2, -0.15) is 5.26 Å². The molecule has 4 heteroatoms. The van der Waals surface area contributed by atoms with Gasteiger partial charge in [-0.3, -0.25) is 4.98 Å². The number of nitriles is 1. The minimum atomic E-state index is -0.0166. The van der Waals surface area contributed by atoms with Crippen molar-refractivity contribution in [3.8, 4) is 6.07 Å². The predicted molar refractivity (Wildman–Crippen MR) is 50.5 cm³/mol. The molecule has 0 amide bonds. The van der Waals surface area contributed by atoms with E-state index in [-0.39, 0.29) is 6.10 Å². The molecule has 14 heavy (non-hydrogen) atoms. The maximum absolute atomic E-state index is 8.73. The molecule has 0 aliphatic carbocycles. The summed E-state index contributed by atoms with van der Waals surface area (Å²) < 4.78 is 5.53. The molecule has 1 saturated heterocycles. The quantitative estimate of drug-likeness (QED) is 0.703. The number of hydrogen-bond acceptors (Lipinski definition) is 4. The predicted octanol–water partition coefficient (Wildman–Crippen LogP) is 0.614. The van der Waals surface area contributed by atoms with Crippen LogP contribution in [-0.4, -0.2) is 24.7 Å². The van der Waals surface area contributed by atoms with Crippen molar-refractivity contribution in [3.63, 3.8) is 0 Å². The highest BCUT2D eigenvalue weighted by atomic mass is 16.5. The Morgan fingerprint density at radius 3 is 3.29 bits per heavy atom. The Bertz CT molecular complexity index is 353. The molecular weight excluding hydrogens is 178 g/mol. The summed E-state index contributed by atoms with van der Waals surface area (Å²) in [5, 5.41) is 11.9. The van der Waals surface area contributed by atoms with Gasteiger partial charge >= 0.3 is 0 Å². The minimum Gasteiger partial charge on any atom is -0.369 e. The number of rotatable bonds is 1. The maximum Gasteiger partial charge on any atom is 0.112 e. The molecule has 0 radical (unpaired) electrons. The lowest BCUT2D eigenvalue weighted by molar-refractivity contribution is 0.0250. The smallest absolute Gasteiger partial charge is 0.112 e. The fourth-order valence-corrected chi connectivity index (χ4v) is 1.45. The third-order valence-electron chi connectivity index (χ3n) is 2.17. The molecule has 1 aromatic heterocycles. The second-order valence-corrected chi connectivity index (χ2v) is 3.14. The van der Waals surface area contributed by atoms with Crippen LogP contribution < -0.4 is 5.32 Å². The van der Waals surface area contributed by atoms with Crippen molar-refractivity contribution < 1.29 is 4.74 Å². The summed E-state index contributed by atoms with van der Waals surface area (Å²) >= 11 is 0. The van der Waals surface area contributed by atoms with Crippen molar-refractivity contribution in [1.82, 2.24) is 10.3 Å². The van der Waals surface area contributed by atoms with Crippen molar-refractivity contribution in [1.29, 1.82) is 5.26 Å². The summed E-state index contributed by atoms with van der Waals surface area (Å²) in [7, 11) is 0.